The van der Waals surface area contributed by atoms with Gasteiger partial charge in [-0.3, -0.25) is 4.79 Å². The summed E-state index contributed by atoms with van der Waals surface area (Å²) < 4.78 is 4.87. The molecule has 1 rings (SSSR count). The molecule has 4 N–H and O–H groups in total. The summed E-state index contributed by atoms with van der Waals surface area (Å²) in [6.07, 6.45) is 0. The van der Waals surface area contributed by atoms with Gasteiger partial charge >= 0.3 is 0 Å². The molecule has 1 amide bonds. The van der Waals surface area contributed by atoms with Crippen LogP contribution in [-0.2, 0) is 9.53 Å². The van der Waals surface area contributed by atoms with E-state index in [9.17, 15) is 4.79 Å². The Morgan fingerprint density at radius 3 is 2.83 bits per heavy atom. The fraction of sp³-hybridized carbons (Fsp3) is 0.462. The Morgan fingerprint density at radius 2 is 2.22 bits per heavy atom. The van der Waals surface area contributed by atoms with E-state index in [1.165, 1.54) is 0 Å². The summed E-state index contributed by atoms with van der Waals surface area (Å²) in [6.45, 7) is 4.78. The maximum atomic E-state index is 11.7. The lowest BCUT2D eigenvalue weighted by atomic mass is 10.2. The highest BCUT2D eigenvalue weighted by Crippen LogP contribution is 2.20. The van der Waals surface area contributed by atoms with Crippen LogP contribution in [0.25, 0.3) is 0 Å². The average Bonchev–Trinajstić information content (AvgIpc) is 2.32. The highest BCUT2D eigenvalue weighted by Gasteiger charge is 2.12. The molecule has 100 valence electrons. The van der Waals surface area contributed by atoms with Gasteiger partial charge in [0, 0.05) is 13.7 Å². The molecule has 1 atom stereocenters. The van der Waals surface area contributed by atoms with Crippen molar-refractivity contribution in [2.75, 3.05) is 31.3 Å². The van der Waals surface area contributed by atoms with Crippen LogP contribution in [0.4, 0.5) is 11.4 Å². The number of benzene rings is 1. The molecule has 1 aromatic rings. The van der Waals surface area contributed by atoms with Gasteiger partial charge < -0.3 is 21.1 Å². The minimum atomic E-state index is -0.341. The molecule has 18 heavy (non-hydrogen) atoms. The highest BCUT2D eigenvalue weighted by molar-refractivity contribution is 5.85. The molecule has 0 aliphatic heterocycles. The van der Waals surface area contributed by atoms with Gasteiger partial charge in [-0.1, -0.05) is 6.07 Å². The highest BCUT2D eigenvalue weighted by atomic mass is 16.5. The van der Waals surface area contributed by atoms with Crippen LogP contribution in [0.5, 0.6) is 0 Å². The summed E-state index contributed by atoms with van der Waals surface area (Å²) in [7, 11) is 1.60. The number of methoxy groups -OCH3 is 1. The van der Waals surface area contributed by atoms with Crippen LogP contribution in [0.2, 0.25) is 0 Å². The van der Waals surface area contributed by atoms with Gasteiger partial charge in [-0.2, -0.15) is 0 Å². The quantitative estimate of drug-likeness (QED) is 0.523. The summed E-state index contributed by atoms with van der Waals surface area (Å²) in [5.41, 5.74) is 8.39. The predicted octanol–water partition coefficient (Wildman–Crippen LogP) is 1.14. The van der Waals surface area contributed by atoms with E-state index in [2.05, 4.69) is 10.6 Å². The van der Waals surface area contributed by atoms with Crippen molar-refractivity contribution in [3.8, 4) is 0 Å². The fourth-order valence-corrected chi connectivity index (χ4v) is 1.54. The number of hydrogen-bond acceptors (Lipinski definition) is 4. The first kappa shape index (κ1) is 14.3. The van der Waals surface area contributed by atoms with Gasteiger partial charge in [0.15, 0.2) is 0 Å². The molecule has 5 heteroatoms. The Labute approximate surface area is 108 Å². The number of nitrogens with two attached hydrogens (primary N) is 1. The number of nitrogen functional groups attached to an aromatic ring is 1. The van der Waals surface area contributed by atoms with E-state index >= 15 is 0 Å². The van der Waals surface area contributed by atoms with E-state index in [0.717, 1.165) is 11.3 Å². The second-order valence-corrected chi connectivity index (χ2v) is 4.24. The number of anilines is 2. The van der Waals surface area contributed by atoms with Crippen LogP contribution >= 0.6 is 0 Å². The Hall–Kier alpha value is -1.75. The second kappa shape index (κ2) is 6.86. The normalized spacial score (nSPS) is 11.9. The molecule has 0 radical (unpaired) electrons. The van der Waals surface area contributed by atoms with E-state index < -0.39 is 0 Å². The van der Waals surface area contributed by atoms with Crippen molar-refractivity contribution in [2.24, 2.45) is 0 Å². The Morgan fingerprint density at radius 1 is 1.50 bits per heavy atom. The van der Waals surface area contributed by atoms with Gasteiger partial charge in [-0.05, 0) is 31.5 Å². The number of nitrogens with one attached hydrogen (secondary N) is 2. The molecular weight excluding hydrogens is 230 g/mol. The topological polar surface area (TPSA) is 76.4 Å². The molecular formula is C13H21N3O2. The maximum absolute atomic E-state index is 11.7. The molecule has 0 saturated heterocycles. The molecule has 0 saturated carbocycles. The number of carbonyl (C=O) groups is 1. The van der Waals surface area contributed by atoms with Crippen LogP contribution < -0.4 is 16.4 Å². The van der Waals surface area contributed by atoms with Crippen LogP contribution in [0.3, 0.4) is 0 Å². The zero-order chi connectivity index (χ0) is 13.5. The number of ether oxygens (including phenoxy) is 1. The van der Waals surface area contributed by atoms with E-state index in [4.69, 9.17) is 10.5 Å². The smallest absolute Gasteiger partial charge is 0.242 e. The van der Waals surface area contributed by atoms with Gasteiger partial charge in [0.1, 0.15) is 6.04 Å². The van der Waals surface area contributed by atoms with Gasteiger partial charge in [0.2, 0.25) is 5.91 Å². The molecule has 0 aliphatic rings. The van der Waals surface area contributed by atoms with Crippen molar-refractivity contribution in [1.82, 2.24) is 5.32 Å². The van der Waals surface area contributed by atoms with E-state index in [1.54, 1.807) is 14.0 Å². The van der Waals surface area contributed by atoms with Gasteiger partial charge in [0.25, 0.3) is 0 Å². The fourth-order valence-electron chi connectivity index (χ4n) is 1.54. The molecule has 0 aliphatic carbocycles. The van der Waals surface area contributed by atoms with Crippen molar-refractivity contribution in [3.63, 3.8) is 0 Å². The molecule has 0 aromatic heterocycles. The molecule has 1 unspecified atom stereocenters. The Balaban J connectivity index is 2.53. The molecule has 5 nitrogen and oxygen atoms in total. The van der Waals surface area contributed by atoms with E-state index in [1.807, 2.05) is 25.1 Å². The summed E-state index contributed by atoms with van der Waals surface area (Å²) in [6, 6.07) is 5.36. The number of aryl methyl sites for hydroxylation is 1. The van der Waals surface area contributed by atoms with Gasteiger partial charge in [-0.15, -0.1) is 0 Å². The lowest BCUT2D eigenvalue weighted by Gasteiger charge is -2.16. The summed E-state index contributed by atoms with van der Waals surface area (Å²) in [5, 5.41) is 5.85. The first-order chi connectivity index (χ1) is 8.54. The third-order valence-corrected chi connectivity index (χ3v) is 2.58. The summed E-state index contributed by atoms with van der Waals surface area (Å²) in [5.74, 6) is -0.0768. The van der Waals surface area contributed by atoms with Crippen LogP contribution in [-0.4, -0.2) is 32.2 Å². The van der Waals surface area contributed by atoms with Crippen LogP contribution in [0.1, 0.15) is 12.5 Å². The van der Waals surface area contributed by atoms with Crippen molar-refractivity contribution >= 4 is 17.3 Å². The zero-order valence-electron chi connectivity index (χ0n) is 11.1. The van der Waals surface area contributed by atoms with E-state index in [0.29, 0.717) is 18.8 Å². The second-order valence-electron chi connectivity index (χ2n) is 4.24. The molecule has 1 aromatic carbocycles. The van der Waals surface area contributed by atoms with Crippen molar-refractivity contribution < 1.29 is 9.53 Å². The number of carbonyl (C=O) groups excluding carboxylic acids is 1. The average molecular weight is 251 g/mol. The maximum Gasteiger partial charge on any atom is 0.242 e. The Bertz CT molecular complexity index is 407. The van der Waals surface area contributed by atoms with E-state index in [-0.39, 0.29) is 11.9 Å². The third kappa shape index (κ3) is 4.25. The summed E-state index contributed by atoms with van der Waals surface area (Å²) >= 11 is 0. The first-order valence-electron chi connectivity index (χ1n) is 5.94. The van der Waals surface area contributed by atoms with Crippen molar-refractivity contribution in [1.29, 1.82) is 0 Å². The molecule has 0 heterocycles. The first-order valence-corrected chi connectivity index (χ1v) is 5.94. The number of hydrogen-bond donors (Lipinski definition) is 3. The van der Waals surface area contributed by atoms with Crippen molar-refractivity contribution in [2.45, 2.75) is 19.9 Å². The van der Waals surface area contributed by atoms with Crippen LogP contribution in [0, 0.1) is 6.92 Å². The largest absolute Gasteiger partial charge is 0.397 e. The third-order valence-electron chi connectivity index (χ3n) is 2.58. The summed E-state index contributed by atoms with van der Waals surface area (Å²) in [4.78, 5) is 11.7. The molecule has 0 fully saturated rings. The standard InChI is InChI=1S/C13H21N3O2/c1-9-4-5-12(11(14)8-9)16-10(2)13(17)15-6-7-18-3/h4-5,8,10,16H,6-7,14H2,1-3H3,(H,15,17). The molecule has 0 spiro atoms. The Kier molecular flexibility index (Phi) is 5.45. The van der Waals surface area contributed by atoms with Crippen LogP contribution in [0.15, 0.2) is 18.2 Å². The minimum Gasteiger partial charge on any atom is -0.397 e. The number of amides is 1. The SMILES string of the molecule is COCCNC(=O)C(C)Nc1ccc(C)cc1N. The monoisotopic (exact) mass is 251 g/mol. The minimum absolute atomic E-state index is 0.0768. The number of rotatable bonds is 6. The lowest BCUT2D eigenvalue weighted by Crippen LogP contribution is -2.39. The van der Waals surface area contributed by atoms with Gasteiger partial charge in [-0.25, -0.2) is 0 Å². The lowest BCUT2D eigenvalue weighted by molar-refractivity contribution is -0.121. The zero-order valence-corrected chi connectivity index (χ0v) is 11.1. The molecule has 0 bridgehead atoms. The van der Waals surface area contributed by atoms with Crippen molar-refractivity contribution in [3.05, 3.63) is 23.8 Å². The van der Waals surface area contributed by atoms with Gasteiger partial charge in [0.05, 0.1) is 18.0 Å². The predicted molar refractivity (Wildman–Crippen MR) is 73.6 cm³/mol.